The Balaban J connectivity index is 1.83. The molecule has 0 bridgehead atoms. The van der Waals surface area contributed by atoms with Crippen LogP contribution in [0.4, 0.5) is 0 Å². The van der Waals surface area contributed by atoms with Crippen molar-refractivity contribution >= 4 is 11.7 Å². The van der Waals surface area contributed by atoms with Gasteiger partial charge in [-0.15, -0.1) is 0 Å². The molecule has 0 atom stereocenters. The predicted molar refractivity (Wildman–Crippen MR) is 122 cm³/mol. The van der Waals surface area contributed by atoms with Crippen molar-refractivity contribution in [3.05, 3.63) is 57.6 Å². The average Bonchev–Trinajstić information content (AvgIpc) is 2.73. The highest BCUT2D eigenvalue weighted by Gasteiger charge is 2.12. The van der Waals surface area contributed by atoms with Crippen LogP contribution >= 0.6 is 0 Å². The highest BCUT2D eigenvalue weighted by atomic mass is 16.5. The topological polar surface area (TPSA) is 179 Å². The maximum atomic E-state index is 7.61. The van der Waals surface area contributed by atoms with E-state index in [1.165, 1.54) is 0 Å². The van der Waals surface area contributed by atoms with Crippen LogP contribution in [0.5, 0.6) is 11.5 Å². The summed E-state index contributed by atoms with van der Waals surface area (Å²) < 4.78 is 17.3. The molecule has 2 aromatic carbocycles. The van der Waals surface area contributed by atoms with Gasteiger partial charge in [0.2, 0.25) is 0 Å². The zero-order valence-electron chi connectivity index (χ0n) is 18.1. The van der Waals surface area contributed by atoms with Crippen LogP contribution in [-0.4, -0.2) is 38.1 Å². The van der Waals surface area contributed by atoms with Crippen molar-refractivity contribution in [2.45, 2.75) is 26.9 Å². The van der Waals surface area contributed by atoms with Gasteiger partial charge in [0.05, 0.1) is 13.2 Å². The minimum absolute atomic E-state index is 0.0348. The van der Waals surface area contributed by atoms with Crippen LogP contribution < -0.4 is 32.4 Å². The molecule has 0 saturated carbocycles. The van der Waals surface area contributed by atoms with E-state index in [1.807, 2.05) is 26.0 Å². The summed E-state index contributed by atoms with van der Waals surface area (Å²) in [6.45, 7) is 5.82. The van der Waals surface area contributed by atoms with E-state index in [1.54, 1.807) is 12.1 Å². The molecule has 31 heavy (non-hydrogen) atoms. The molecule has 2 rings (SSSR count). The van der Waals surface area contributed by atoms with Crippen molar-refractivity contribution in [1.82, 2.24) is 0 Å². The van der Waals surface area contributed by atoms with Crippen LogP contribution in [0.1, 0.15) is 33.4 Å². The Kier molecular flexibility index (Phi) is 8.80. The molecule has 2 aromatic rings. The van der Waals surface area contributed by atoms with Crippen LogP contribution in [0.15, 0.2) is 24.3 Å². The summed E-state index contributed by atoms with van der Waals surface area (Å²) in [6, 6.07) is 7.16. The monoisotopic (exact) mass is 428 g/mol. The van der Waals surface area contributed by atoms with Gasteiger partial charge in [0.1, 0.15) is 36.4 Å². The Labute approximate surface area is 182 Å². The van der Waals surface area contributed by atoms with Gasteiger partial charge < -0.3 is 37.1 Å². The van der Waals surface area contributed by atoms with Crippen LogP contribution in [0.2, 0.25) is 0 Å². The summed E-state index contributed by atoms with van der Waals surface area (Å²) in [5.41, 5.74) is 27.4. The number of hydrogen-bond acceptors (Lipinski definition) is 7. The fourth-order valence-electron chi connectivity index (χ4n) is 3.24. The molecule has 0 aliphatic rings. The van der Waals surface area contributed by atoms with E-state index in [0.29, 0.717) is 43.3 Å². The maximum absolute atomic E-state index is 7.61. The molecule has 168 valence electrons. The second-order valence-electron chi connectivity index (χ2n) is 7.11. The van der Waals surface area contributed by atoms with E-state index in [9.17, 15) is 0 Å². The molecule has 0 spiro atoms. The molecule has 0 aliphatic heterocycles. The van der Waals surface area contributed by atoms with Gasteiger partial charge in [-0.05, 0) is 49.2 Å². The fraction of sp³-hybridized carbons (Fsp3) is 0.364. The molecule has 9 nitrogen and oxygen atoms in total. The lowest BCUT2D eigenvalue weighted by atomic mass is 10.0. The van der Waals surface area contributed by atoms with Crippen molar-refractivity contribution in [3.8, 4) is 11.5 Å². The van der Waals surface area contributed by atoms with E-state index in [2.05, 4.69) is 0 Å². The lowest BCUT2D eigenvalue weighted by Crippen LogP contribution is -2.17. The van der Waals surface area contributed by atoms with Gasteiger partial charge >= 0.3 is 0 Å². The maximum Gasteiger partial charge on any atom is 0.128 e. The summed E-state index contributed by atoms with van der Waals surface area (Å²) in [5.74, 6) is 1.38. The first-order valence-electron chi connectivity index (χ1n) is 9.97. The molecule has 0 aromatic heterocycles. The van der Waals surface area contributed by atoms with Crippen LogP contribution in [-0.2, 0) is 17.8 Å². The highest BCUT2D eigenvalue weighted by Crippen LogP contribution is 2.26. The molecule has 0 amide bonds. The van der Waals surface area contributed by atoms with Gasteiger partial charge in [-0.3, -0.25) is 10.8 Å². The summed E-state index contributed by atoms with van der Waals surface area (Å²) in [7, 11) is 0. The summed E-state index contributed by atoms with van der Waals surface area (Å²) in [6.07, 6.45) is 0. The van der Waals surface area contributed by atoms with E-state index in [0.717, 1.165) is 28.0 Å². The van der Waals surface area contributed by atoms with Gasteiger partial charge in [0.15, 0.2) is 0 Å². The van der Waals surface area contributed by atoms with E-state index >= 15 is 0 Å². The largest absolute Gasteiger partial charge is 0.491 e. The first-order chi connectivity index (χ1) is 14.8. The SMILES string of the molecule is Cc1cc(C(=N)N)cc(C)c1OCCOCCOc1c(CN)cc(C(=N)N)cc1CN. The molecule has 0 heterocycles. The smallest absolute Gasteiger partial charge is 0.128 e. The van der Waals surface area contributed by atoms with Crippen LogP contribution in [0, 0.1) is 24.7 Å². The zero-order valence-corrected chi connectivity index (χ0v) is 18.1. The quantitative estimate of drug-likeness (QED) is 0.167. The van der Waals surface area contributed by atoms with Crippen molar-refractivity contribution in [1.29, 1.82) is 10.8 Å². The molecule has 0 radical (unpaired) electrons. The number of aryl methyl sites for hydroxylation is 2. The number of hydrogen-bond donors (Lipinski definition) is 6. The second-order valence-corrected chi connectivity index (χ2v) is 7.11. The molecule has 9 heteroatoms. The van der Waals surface area contributed by atoms with Crippen LogP contribution in [0.3, 0.4) is 0 Å². The number of benzene rings is 2. The minimum Gasteiger partial charge on any atom is -0.491 e. The number of nitrogen functional groups attached to an aromatic ring is 2. The number of nitrogens with two attached hydrogens (primary N) is 4. The third-order valence-electron chi connectivity index (χ3n) is 4.71. The fourth-order valence-corrected chi connectivity index (χ4v) is 3.24. The molecular weight excluding hydrogens is 396 g/mol. The number of nitrogens with one attached hydrogen (secondary N) is 2. The van der Waals surface area contributed by atoms with Crippen molar-refractivity contribution in [3.63, 3.8) is 0 Å². The molecule has 0 unspecified atom stereocenters. The van der Waals surface area contributed by atoms with Gasteiger partial charge in [-0.25, -0.2) is 0 Å². The standard InChI is InChI=1S/C22H32N6O3/c1-13-7-15(21(25)26)8-14(2)19(13)30-5-3-29-4-6-31-20-17(11-23)9-16(22(27)28)10-18(20)12-24/h7-10H,3-6,11-12,23-24H2,1-2H3,(H3,25,26)(H3,27,28). The Morgan fingerprint density at radius 3 is 1.55 bits per heavy atom. The number of amidine groups is 2. The molecule has 0 saturated heterocycles. The summed E-state index contributed by atoms with van der Waals surface area (Å²) in [4.78, 5) is 0. The van der Waals surface area contributed by atoms with Crippen LogP contribution in [0.25, 0.3) is 0 Å². The zero-order chi connectivity index (χ0) is 23.0. The van der Waals surface area contributed by atoms with Crippen molar-refractivity contribution < 1.29 is 14.2 Å². The molecule has 10 N–H and O–H groups in total. The van der Waals surface area contributed by atoms with E-state index < -0.39 is 0 Å². The lowest BCUT2D eigenvalue weighted by Gasteiger charge is -2.17. The Morgan fingerprint density at radius 1 is 0.710 bits per heavy atom. The van der Waals surface area contributed by atoms with Gasteiger partial charge in [0.25, 0.3) is 0 Å². The molecular formula is C22H32N6O3. The Morgan fingerprint density at radius 2 is 1.13 bits per heavy atom. The second kappa shape index (κ2) is 11.3. The van der Waals surface area contributed by atoms with Gasteiger partial charge in [-0.2, -0.15) is 0 Å². The number of rotatable bonds is 12. The minimum atomic E-state index is -0.0410. The summed E-state index contributed by atoms with van der Waals surface area (Å²) in [5, 5.41) is 15.2. The van der Waals surface area contributed by atoms with E-state index in [-0.39, 0.29) is 24.8 Å². The first-order valence-corrected chi connectivity index (χ1v) is 9.97. The highest BCUT2D eigenvalue weighted by molar-refractivity contribution is 5.96. The van der Waals surface area contributed by atoms with Crippen molar-refractivity contribution in [2.75, 3.05) is 26.4 Å². The lowest BCUT2D eigenvalue weighted by molar-refractivity contribution is 0.0756. The normalized spacial score (nSPS) is 10.7. The summed E-state index contributed by atoms with van der Waals surface area (Å²) >= 11 is 0. The Bertz CT molecular complexity index is 897. The van der Waals surface area contributed by atoms with Crippen molar-refractivity contribution in [2.24, 2.45) is 22.9 Å². The Hall–Kier alpha value is -3.14. The number of ether oxygens (including phenoxy) is 3. The van der Waals surface area contributed by atoms with Gasteiger partial charge in [-0.1, -0.05) is 0 Å². The third-order valence-corrected chi connectivity index (χ3v) is 4.71. The predicted octanol–water partition coefficient (Wildman–Crippen LogP) is 1.26. The average molecular weight is 429 g/mol. The van der Waals surface area contributed by atoms with E-state index in [4.69, 9.17) is 48.0 Å². The molecule has 0 fully saturated rings. The third kappa shape index (κ3) is 6.42. The van der Waals surface area contributed by atoms with Gasteiger partial charge in [0, 0.05) is 35.3 Å². The first kappa shape index (κ1) is 24.1. The molecule has 0 aliphatic carbocycles.